The van der Waals surface area contributed by atoms with Gasteiger partial charge in [0, 0.05) is 23.9 Å². The Hall–Kier alpha value is -1.99. The molecule has 1 aromatic heterocycles. The number of nitrogens with zero attached hydrogens (tertiary/aromatic N) is 2. The highest BCUT2D eigenvalue weighted by atomic mass is 32.1. The fourth-order valence-corrected chi connectivity index (χ4v) is 1.94. The van der Waals surface area contributed by atoms with Crippen molar-refractivity contribution in [2.45, 2.75) is 6.54 Å². The topological polar surface area (TPSA) is 76.1 Å². The van der Waals surface area contributed by atoms with Crippen LogP contribution in [0.15, 0.2) is 29.6 Å². The van der Waals surface area contributed by atoms with Crippen molar-refractivity contribution in [3.63, 3.8) is 0 Å². The molecule has 6 nitrogen and oxygen atoms in total. The Kier molecular flexibility index (Phi) is 4.82. The second kappa shape index (κ2) is 6.81. The molecular weight excluding hydrogens is 264 g/mol. The van der Waals surface area contributed by atoms with E-state index in [0.717, 1.165) is 17.1 Å². The van der Waals surface area contributed by atoms with Crippen LogP contribution >= 0.6 is 11.5 Å². The highest BCUT2D eigenvalue weighted by Crippen LogP contribution is 2.15. The second-order valence-electron chi connectivity index (χ2n) is 3.81. The molecule has 0 aliphatic rings. The maximum atomic E-state index is 11.4. The fraction of sp³-hybridized carbons (Fsp3) is 0.250. The average molecular weight is 278 g/mol. The number of amides is 1. The lowest BCUT2D eigenvalue weighted by atomic mass is 10.2. The van der Waals surface area contributed by atoms with E-state index in [1.165, 1.54) is 18.6 Å². The second-order valence-corrected chi connectivity index (χ2v) is 4.42. The van der Waals surface area contributed by atoms with E-state index in [9.17, 15) is 4.79 Å². The largest absolute Gasteiger partial charge is 0.379 e. The van der Waals surface area contributed by atoms with E-state index in [0.29, 0.717) is 6.54 Å². The maximum absolute atomic E-state index is 11.4. The fourth-order valence-electron chi connectivity index (χ4n) is 1.49. The summed E-state index contributed by atoms with van der Waals surface area (Å²) >= 11 is 1.32. The molecule has 0 bridgehead atoms. The lowest BCUT2D eigenvalue weighted by molar-refractivity contribution is -0.119. The molecule has 0 spiro atoms. The minimum atomic E-state index is -0.177. The lowest BCUT2D eigenvalue weighted by Gasteiger charge is -2.08. The number of carbonyl (C=O) groups is 1. The first kappa shape index (κ1) is 13.4. The summed E-state index contributed by atoms with van der Waals surface area (Å²) in [6.45, 7) is 0.647. The standard InChI is InChI=1S/C12H14N4O2S/c1-18-7-12(17)14-10-4-2-3-9(5-10)13-6-11-8-19-16-15-11/h2-5,8,13H,6-7H2,1H3,(H,14,17). The van der Waals surface area contributed by atoms with Gasteiger partial charge in [0.15, 0.2) is 0 Å². The zero-order chi connectivity index (χ0) is 13.5. The third-order valence-electron chi connectivity index (χ3n) is 2.30. The van der Waals surface area contributed by atoms with Crippen LogP contribution < -0.4 is 10.6 Å². The van der Waals surface area contributed by atoms with Gasteiger partial charge in [-0.1, -0.05) is 10.6 Å². The van der Waals surface area contributed by atoms with Gasteiger partial charge in [-0.05, 0) is 29.7 Å². The zero-order valence-corrected chi connectivity index (χ0v) is 11.2. The molecule has 1 amide bonds. The first-order valence-electron chi connectivity index (χ1n) is 5.66. The summed E-state index contributed by atoms with van der Waals surface area (Å²) < 4.78 is 8.55. The number of ether oxygens (including phenoxy) is 1. The van der Waals surface area contributed by atoms with Crippen LogP contribution in [-0.2, 0) is 16.1 Å². The minimum Gasteiger partial charge on any atom is -0.379 e. The third kappa shape index (κ3) is 4.31. The number of benzene rings is 1. The van der Waals surface area contributed by atoms with E-state index in [1.807, 2.05) is 29.6 Å². The van der Waals surface area contributed by atoms with Crippen molar-refractivity contribution in [3.8, 4) is 0 Å². The molecule has 0 unspecified atom stereocenters. The molecule has 100 valence electrons. The number of anilines is 2. The van der Waals surface area contributed by atoms with E-state index in [4.69, 9.17) is 4.74 Å². The van der Waals surface area contributed by atoms with Crippen molar-refractivity contribution < 1.29 is 9.53 Å². The Labute approximate surface area is 115 Å². The van der Waals surface area contributed by atoms with E-state index in [-0.39, 0.29) is 12.5 Å². The monoisotopic (exact) mass is 278 g/mol. The zero-order valence-electron chi connectivity index (χ0n) is 10.4. The Balaban J connectivity index is 1.93. The van der Waals surface area contributed by atoms with Crippen molar-refractivity contribution in [2.24, 2.45) is 0 Å². The summed E-state index contributed by atoms with van der Waals surface area (Å²) in [5.74, 6) is -0.177. The molecule has 2 N–H and O–H groups in total. The minimum absolute atomic E-state index is 0.0438. The number of nitrogens with one attached hydrogen (secondary N) is 2. The lowest BCUT2D eigenvalue weighted by Crippen LogP contribution is -2.17. The van der Waals surface area contributed by atoms with Crippen LogP contribution in [0.1, 0.15) is 5.69 Å². The van der Waals surface area contributed by atoms with Crippen molar-refractivity contribution in [2.75, 3.05) is 24.4 Å². The average Bonchev–Trinajstić information content (AvgIpc) is 2.90. The molecule has 0 aliphatic heterocycles. The number of carbonyl (C=O) groups excluding carboxylic acids is 1. The predicted molar refractivity (Wildman–Crippen MR) is 74.2 cm³/mol. The summed E-state index contributed by atoms with van der Waals surface area (Å²) in [5, 5.41) is 11.8. The first-order chi connectivity index (χ1) is 9.28. The smallest absolute Gasteiger partial charge is 0.250 e. The molecule has 0 radical (unpaired) electrons. The van der Waals surface area contributed by atoms with Gasteiger partial charge in [-0.2, -0.15) is 0 Å². The van der Waals surface area contributed by atoms with Crippen LogP contribution in [0.5, 0.6) is 0 Å². The van der Waals surface area contributed by atoms with Crippen LogP contribution in [0.25, 0.3) is 0 Å². The number of hydrogen-bond acceptors (Lipinski definition) is 6. The highest BCUT2D eigenvalue weighted by molar-refractivity contribution is 7.03. The third-order valence-corrected chi connectivity index (χ3v) is 2.85. The van der Waals surface area contributed by atoms with Crippen LogP contribution in [0.3, 0.4) is 0 Å². The highest BCUT2D eigenvalue weighted by Gasteiger charge is 2.02. The number of methoxy groups -OCH3 is 1. The van der Waals surface area contributed by atoms with Crippen LogP contribution in [0.4, 0.5) is 11.4 Å². The molecule has 1 heterocycles. The molecule has 19 heavy (non-hydrogen) atoms. The van der Waals surface area contributed by atoms with E-state index < -0.39 is 0 Å². The van der Waals surface area contributed by atoms with Gasteiger partial charge < -0.3 is 15.4 Å². The van der Waals surface area contributed by atoms with Gasteiger partial charge in [0.05, 0.1) is 12.2 Å². The first-order valence-corrected chi connectivity index (χ1v) is 6.50. The number of aromatic nitrogens is 2. The molecule has 0 saturated heterocycles. The molecule has 1 aromatic carbocycles. The molecule has 0 fully saturated rings. The molecule has 0 atom stereocenters. The molecule has 0 saturated carbocycles. The van der Waals surface area contributed by atoms with Gasteiger partial charge in [-0.15, -0.1) is 5.10 Å². The van der Waals surface area contributed by atoms with Crippen molar-refractivity contribution in [1.82, 2.24) is 9.59 Å². The Morgan fingerprint density at radius 3 is 3.00 bits per heavy atom. The predicted octanol–water partition coefficient (Wildman–Crippen LogP) is 1.74. The quantitative estimate of drug-likeness (QED) is 0.841. The van der Waals surface area contributed by atoms with E-state index in [1.54, 1.807) is 0 Å². The summed E-state index contributed by atoms with van der Waals surface area (Å²) in [6.07, 6.45) is 0. The summed E-state index contributed by atoms with van der Waals surface area (Å²) in [4.78, 5) is 11.4. The molecular formula is C12H14N4O2S. The molecule has 7 heteroatoms. The van der Waals surface area contributed by atoms with Gasteiger partial charge >= 0.3 is 0 Å². The van der Waals surface area contributed by atoms with Gasteiger partial charge in [-0.25, -0.2) is 0 Å². The molecule has 2 aromatic rings. The summed E-state index contributed by atoms with van der Waals surface area (Å²) in [7, 11) is 1.49. The van der Waals surface area contributed by atoms with Gasteiger partial charge in [0.25, 0.3) is 0 Å². The normalized spacial score (nSPS) is 10.2. The Morgan fingerprint density at radius 1 is 1.42 bits per heavy atom. The molecule has 0 aliphatic carbocycles. The van der Waals surface area contributed by atoms with Crippen LogP contribution in [0.2, 0.25) is 0 Å². The van der Waals surface area contributed by atoms with Crippen LogP contribution in [0, 0.1) is 0 Å². The van der Waals surface area contributed by atoms with Gasteiger partial charge in [-0.3, -0.25) is 4.79 Å². The maximum Gasteiger partial charge on any atom is 0.250 e. The SMILES string of the molecule is COCC(=O)Nc1cccc(NCc2csnn2)c1. The van der Waals surface area contributed by atoms with Crippen molar-refractivity contribution in [3.05, 3.63) is 35.3 Å². The number of hydrogen-bond donors (Lipinski definition) is 2. The summed E-state index contributed by atoms with van der Waals surface area (Å²) in [5.41, 5.74) is 2.52. The van der Waals surface area contributed by atoms with Gasteiger partial charge in [0.2, 0.25) is 5.91 Å². The Morgan fingerprint density at radius 2 is 2.26 bits per heavy atom. The summed E-state index contributed by atoms with van der Waals surface area (Å²) in [6, 6.07) is 7.46. The van der Waals surface area contributed by atoms with Crippen molar-refractivity contribution >= 4 is 28.8 Å². The number of rotatable bonds is 6. The molecule has 2 rings (SSSR count). The van der Waals surface area contributed by atoms with Crippen LogP contribution in [-0.4, -0.2) is 29.2 Å². The van der Waals surface area contributed by atoms with Gasteiger partial charge in [0.1, 0.15) is 6.61 Å². The van der Waals surface area contributed by atoms with Crippen molar-refractivity contribution in [1.29, 1.82) is 0 Å². The van der Waals surface area contributed by atoms with E-state index in [2.05, 4.69) is 20.2 Å². The van der Waals surface area contributed by atoms with E-state index >= 15 is 0 Å². The Bertz CT molecular complexity index is 530.